The molecule has 2 aromatic carbocycles. The maximum absolute atomic E-state index is 12.1. The van der Waals surface area contributed by atoms with Crippen LogP contribution in [-0.2, 0) is 9.59 Å². The molecule has 0 aromatic heterocycles. The van der Waals surface area contributed by atoms with Gasteiger partial charge in [0.15, 0.2) is 11.5 Å². The number of benzene rings is 2. The fourth-order valence-corrected chi connectivity index (χ4v) is 2.14. The lowest BCUT2D eigenvalue weighted by Gasteiger charge is -2.08. The zero-order chi connectivity index (χ0) is 19.8. The average Bonchev–Trinajstić information content (AvgIpc) is 2.62. The predicted octanol–water partition coefficient (Wildman–Crippen LogP) is 2.34. The number of methoxy groups -OCH3 is 1. The topological polar surface area (TPSA) is 106 Å². The van der Waals surface area contributed by atoms with Gasteiger partial charge in [-0.1, -0.05) is 0 Å². The molecule has 8 heteroatoms. The zero-order valence-electron chi connectivity index (χ0n) is 15.1. The second-order valence-corrected chi connectivity index (χ2v) is 5.46. The van der Waals surface area contributed by atoms with E-state index in [1.54, 1.807) is 42.5 Å². The molecule has 0 unspecified atom stereocenters. The fraction of sp³-hybridized carbons (Fsp3) is 0.158. The van der Waals surface area contributed by atoms with Crippen LogP contribution in [0.1, 0.15) is 29.8 Å². The van der Waals surface area contributed by atoms with Crippen LogP contribution >= 0.6 is 0 Å². The monoisotopic (exact) mass is 369 g/mol. The molecule has 2 aromatic rings. The number of rotatable bonds is 6. The number of anilines is 1. The number of carbonyl (C=O) groups is 3. The zero-order valence-corrected chi connectivity index (χ0v) is 15.1. The van der Waals surface area contributed by atoms with Crippen LogP contribution in [0.25, 0.3) is 0 Å². The SMILES string of the molecule is COc1cc(/C=N\NC(=O)c2ccc(NC(C)=O)cc2)ccc1OC(C)=O. The van der Waals surface area contributed by atoms with E-state index in [9.17, 15) is 14.4 Å². The van der Waals surface area contributed by atoms with Gasteiger partial charge >= 0.3 is 5.97 Å². The second-order valence-electron chi connectivity index (χ2n) is 5.46. The van der Waals surface area contributed by atoms with Crippen molar-refractivity contribution in [3.8, 4) is 11.5 Å². The van der Waals surface area contributed by atoms with Crippen molar-refractivity contribution in [3.63, 3.8) is 0 Å². The molecule has 0 aliphatic carbocycles. The van der Waals surface area contributed by atoms with Gasteiger partial charge in [0.1, 0.15) is 0 Å². The lowest BCUT2D eigenvalue weighted by atomic mass is 10.2. The summed E-state index contributed by atoms with van der Waals surface area (Å²) in [5, 5.41) is 6.52. The first-order valence-corrected chi connectivity index (χ1v) is 7.96. The van der Waals surface area contributed by atoms with E-state index in [1.807, 2.05) is 0 Å². The van der Waals surface area contributed by atoms with Crippen LogP contribution in [-0.4, -0.2) is 31.1 Å². The maximum Gasteiger partial charge on any atom is 0.308 e. The molecule has 140 valence electrons. The minimum Gasteiger partial charge on any atom is -0.493 e. The molecule has 0 atom stereocenters. The number of hydrogen-bond acceptors (Lipinski definition) is 6. The van der Waals surface area contributed by atoms with E-state index in [-0.39, 0.29) is 5.91 Å². The van der Waals surface area contributed by atoms with Crippen molar-refractivity contribution in [1.82, 2.24) is 5.43 Å². The summed E-state index contributed by atoms with van der Waals surface area (Å²) in [7, 11) is 1.45. The van der Waals surface area contributed by atoms with Crippen LogP contribution in [0, 0.1) is 0 Å². The molecule has 27 heavy (non-hydrogen) atoms. The molecular formula is C19H19N3O5. The molecule has 0 aliphatic rings. The molecule has 0 saturated heterocycles. The third-order valence-electron chi connectivity index (χ3n) is 3.29. The van der Waals surface area contributed by atoms with Gasteiger partial charge in [-0.15, -0.1) is 0 Å². The van der Waals surface area contributed by atoms with E-state index < -0.39 is 11.9 Å². The van der Waals surface area contributed by atoms with E-state index in [2.05, 4.69) is 15.8 Å². The third kappa shape index (κ3) is 5.96. The molecule has 2 N–H and O–H groups in total. The van der Waals surface area contributed by atoms with Gasteiger partial charge in [-0.3, -0.25) is 14.4 Å². The summed E-state index contributed by atoms with van der Waals surface area (Å²) in [5.74, 6) is -0.373. The van der Waals surface area contributed by atoms with Crippen LogP contribution in [0.5, 0.6) is 11.5 Å². The Labute approximate surface area is 156 Å². The number of esters is 1. The lowest BCUT2D eigenvalue weighted by molar-refractivity contribution is -0.132. The average molecular weight is 369 g/mol. The van der Waals surface area contributed by atoms with Crippen molar-refractivity contribution < 1.29 is 23.9 Å². The Morgan fingerprint density at radius 2 is 1.70 bits per heavy atom. The van der Waals surface area contributed by atoms with Gasteiger partial charge in [0.25, 0.3) is 5.91 Å². The minimum absolute atomic E-state index is 0.188. The van der Waals surface area contributed by atoms with Gasteiger partial charge in [-0.25, -0.2) is 5.43 Å². The summed E-state index contributed by atoms with van der Waals surface area (Å²) in [6, 6.07) is 11.3. The van der Waals surface area contributed by atoms with Crippen molar-refractivity contribution in [2.24, 2.45) is 5.10 Å². The lowest BCUT2D eigenvalue weighted by Crippen LogP contribution is -2.17. The molecule has 0 bridgehead atoms. The van der Waals surface area contributed by atoms with Crippen LogP contribution in [0.15, 0.2) is 47.6 Å². The smallest absolute Gasteiger partial charge is 0.308 e. The van der Waals surface area contributed by atoms with E-state index in [0.717, 1.165) is 0 Å². The van der Waals surface area contributed by atoms with Crippen LogP contribution in [0.3, 0.4) is 0 Å². The Balaban J connectivity index is 2.00. The van der Waals surface area contributed by atoms with Gasteiger partial charge in [0, 0.05) is 25.1 Å². The molecule has 0 heterocycles. The summed E-state index contributed by atoms with van der Waals surface area (Å²) < 4.78 is 10.2. The Kier molecular flexibility index (Phi) is 6.65. The maximum atomic E-state index is 12.1. The summed E-state index contributed by atoms with van der Waals surface area (Å²) in [5.41, 5.74) is 4.04. The number of amides is 2. The Morgan fingerprint density at radius 3 is 2.30 bits per heavy atom. The van der Waals surface area contributed by atoms with E-state index in [1.165, 1.54) is 27.2 Å². The van der Waals surface area contributed by atoms with Crippen molar-refractivity contribution in [3.05, 3.63) is 53.6 Å². The van der Waals surface area contributed by atoms with Crippen molar-refractivity contribution >= 4 is 29.7 Å². The van der Waals surface area contributed by atoms with Crippen molar-refractivity contribution in [2.45, 2.75) is 13.8 Å². The molecular weight excluding hydrogens is 350 g/mol. The molecule has 0 spiro atoms. The molecule has 0 radical (unpaired) electrons. The summed E-state index contributed by atoms with van der Waals surface area (Å²) in [4.78, 5) is 34.1. The highest BCUT2D eigenvalue weighted by atomic mass is 16.6. The largest absolute Gasteiger partial charge is 0.493 e. The molecule has 2 rings (SSSR count). The van der Waals surface area contributed by atoms with Crippen molar-refractivity contribution in [1.29, 1.82) is 0 Å². The Morgan fingerprint density at radius 1 is 1.00 bits per heavy atom. The predicted molar refractivity (Wildman–Crippen MR) is 100 cm³/mol. The standard InChI is InChI=1S/C19H19N3O5/c1-12(23)21-16-7-5-15(6-8-16)19(25)22-20-11-14-4-9-17(27-13(2)24)18(10-14)26-3/h4-11H,1-3H3,(H,21,23)(H,22,25)/b20-11-. The normalized spacial score (nSPS) is 10.3. The summed E-state index contributed by atoms with van der Waals surface area (Å²) >= 11 is 0. The number of nitrogens with zero attached hydrogens (tertiary/aromatic N) is 1. The van der Waals surface area contributed by atoms with E-state index >= 15 is 0 Å². The number of carbonyl (C=O) groups excluding carboxylic acids is 3. The molecule has 2 amide bonds. The first-order valence-electron chi connectivity index (χ1n) is 7.96. The first-order chi connectivity index (χ1) is 12.9. The molecule has 8 nitrogen and oxygen atoms in total. The highest BCUT2D eigenvalue weighted by Crippen LogP contribution is 2.27. The highest BCUT2D eigenvalue weighted by Gasteiger charge is 2.08. The molecule has 0 aliphatic heterocycles. The molecule has 0 fully saturated rings. The highest BCUT2D eigenvalue weighted by molar-refractivity contribution is 5.96. The van der Waals surface area contributed by atoms with E-state index in [4.69, 9.17) is 9.47 Å². The Bertz CT molecular complexity index is 875. The summed E-state index contributed by atoms with van der Waals surface area (Å²) in [6.07, 6.45) is 1.43. The number of ether oxygens (including phenoxy) is 2. The Hall–Kier alpha value is -3.68. The first kappa shape index (κ1) is 19.6. The summed E-state index contributed by atoms with van der Waals surface area (Å²) in [6.45, 7) is 2.70. The number of hydrazone groups is 1. The van der Waals surface area contributed by atoms with Crippen LogP contribution in [0.4, 0.5) is 5.69 Å². The fourth-order valence-electron chi connectivity index (χ4n) is 2.14. The number of nitrogens with one attached hydrogen (secondary N) is 2. The quantitative estimate of drug-likeness (QED) is 0.352. The van der Waals surface area contributed by atoms with Crippen molar-refractivity contribution in [2.75, 3.05) is 12.4 Å². The van der Waals surface area contributed by atoms with Gasteiger partial charge in [0.05, 0.1) is 13.3 Å². The molecule has 0 saturated carbocycles. The third-order valence-corrected chi connectivity index (χ3v) is 3.29. The van der Waals surface area contributed by atoms with Crippen LogP contribution < -0.4 is 20.2 Å². The van der Waals surface area contributed by atoms with E-state index in [0.29, 0.717) is 28.3 Å². The number of hydrogen-bond donors (Lipinski definition) is 2. The van der Waals surface area contributed by atoms with Gasteiger partial charge in [0.2, 0.25) is 5.91 Å². The van der Waals surface area contributed by atoms with Gasteiger partial charge in [-0.2, -0.15) is 5.10 Å². The minimum atomic E-state index is -0.452. The van der Waals surface area contributed by atoms with Gasteiger partial charge in [-0.05, 0) is 48.0 Å². The second kappa shape index (κ2) is 9.14. The van der Waals surface area contributed by atoms with Gasteiger partial charge < -0.3 is 14.8 Å². The van der Waals surface area contributed by atoms with Crippen LogP contribution in [0.2, 0.25) is 0 Å².